The molecule has 0 bridgehead atoms. The first kappa shape index (κ1) is 16.2. The van der Waals surface area contributed by atoms with Crippen molar-refractivity contribution in [2.45, 2.75) is 44.4 Å². The Morgan fingerprint density at radius 1 is 1.24 bits per heavy atom. The number of benzene rings is 1. The molecule has 0 radical (unpaired) electrons. The molecule has 2 atom stereocenters. The Morgan fingerprint density at radius 2 is 1.86 bits per heavy atom. The molecule has 0 saturated carbocycles. The van der Waals surface area contributed by atoms with Crippen molar-refractivity contribution >= 4 is 0 Å². The van der Waals surface area contributed by atoms with E-state index in [1.54, 1.807) is 38.1 Å². The Bertz CT molecular complexity index is 515. The van der Waals surface area contributed by atoms with Crippen LogP contribution in [0.25, 0.3) is 0 Å². The zero-order valence-electron chi connectivity index (χ0n) is 11.9. The lowest BCUT2D eigenvalue weighted by atomic mass is 9.73. The van der Waals surface area contributed by atoms with E-state index in [4.69, 9.17) is 14.7 Å². The van der Waals surface area contributed by atoms with Crippen molar-refractivity contribution in [1.29, 1.82) is 0 Å². The van der Waals surface area contributed by atoms with Gasteiger partial charge in [0.1, 0.15) is 6.61 Å². The van der Waals surface area contributed by atoms with Crippen LogP contribution < -0.4 is 0 Å². The maximum Gasteiger partial charge on any atom is 0.411 e. The van der Waals surface area contributed by atoms with Gasteiger partial charge < -0.3 is 9.47 Å². The second kappa shape index (κ2) is 5.24. The monoisotopic (exact) mass is 306 g/mol. The van der Waals surface area contributed by atoms with E-state index in [-0.39, 0.29) is 0 Å². The van der Waals surface area contributed by atoms with Crippen molar-refractivity contribution in [3.8, 4) is 0 Å². The minimum Gasteiger partial charge on any atom is -0.339 e. The van der Waals surface area contributed by atoms with Gasteiger partial charge in [-0.05, 0) is 12.5 Å². The first-order chi connectivity index (χ1) is 9.61. The van der Waals surface area contributed by atoms with Crippen LogP contribution in [0.1, 0.15) is 38.2 Å². The van der Waals surface area contributed by atoms with Gasteiger partial charge in [-0.3, -0.25) is 0 Å². The number of hydrogen-bond donors (Lipinski definition) is 1. The smallest absolute Gasteiger partial charge is 0.339 e. The van der Waals surface area contributed by atoms with Crippen molar-refractivity contribution in [3.05, 3.63) is 35.4 Å². The molecule has 1 heterocycles. The molecule has 1 aromatic carbocycles. The summed E-state index contributed by atoms with van der Waals surface area (Å²) in [6.45, 7) is 3.53. The van der Waals surface area contributed by atoms with E-state index in [1.807, 2.05) is 0 Å². The fraction of sp³-hybridized carbons (Fsp3) is 0.571. The van der Waals surface area contributed by atoms with Crippen molar-refractivity contribution in [2.75, 3.05) is 6.61 Å². The van der Waals surface area contributed by atoms with E-state index in [0.29, 0.717) is 11.1 Å². The zero-order chi connectivity index (χ0) is 15.9. The standard InChI is InChI=1S/C14H17F3O4/c1-12(2)10-7-5-4-6-9(10)11(19-8-14(15,16)17)20-13(12,3)21-18/h4-7,11,18H,8H2,1-3H3. The van der Waals surface area contributed by atoms with Gasteiger partial charge in [0.05, 0.1) is 0 Å². The molecule has 1 aliphatic heterocycles. The number of halogens is 3. The molecule has 2 rings (SSSR count). The van der Waals surface area contributed by atoms with Gasteiger partial charge in [0.25, 0.3) is 0 Å². The molecule has 1 aromatic rings. The number of fused-ring (bicyclic) bond motifs is 1. The molecule has 0 spiro atoms. The molecule has 0 fully saturated rings. The van der Waals surface area contributed by atoms with Crippen LogP contribution in [0.15, 0.2) is 24.3 Å². The zero-order valence-corrected chi connectivity index (χ0v) is 11.9. The molecular formula is C14H17F3O4. The van der Waals surface area contributed by atoms with Crippen LogP contribution in [-0.4, -0.2) is 23.8 Å². The number of ether oxygens (including phenoxy) is 2. The van der Waals surface area contributed by atoms with Gasteiger partial charge in [-0.25, -0.2) is 10.1 Å². The van der Waals surface area contributed by atoms with Gasteiger partial charge in [0.15, 0.2) is 6.29 Å². The summed E-state index contributed by atoms with van der Waals surface area (Å²) in [4.78, 5) is 4.43. The van der Waals surface area contributed by atoms with E-state index in [9.17, 15) is 13.2 Å². The van der Waals surface area contributed by atoms with Crippen LogP contribution in [-0.2, 0) is 19.8 Å². The van der Waals surface area contributed by atoms with Crippen molar-refractivity contribution in [1.82, 2.24) is 0 Å². The fourth-order valence-electron chi connectivity index (χ4n) is 2.36. The van der Waals surface area contributed by atoms with Crippen LogP contribution >= 0.6 is 0 Å². The van der Waals surface area contributed by atoms with Crippen LogP contribution in [0.4, 0.5) is 13.2 Å². The molecule has 0 aromatic heterocycles. The van der Waals surface area contributed by atoms with Gasteiger partial charge in [-0.15, -0.1) is 0 Å². The molecular weight excluding hydrogens is 289 g/mol. The molecule has 1 aliphatic rings. The number of rotatable bonds is 3. The lowest BCUT2D eigenvalue weighted by Crippen LogP contribution is -2.54. The molecule has 1 N–H and O–H groups in total. The minimum atomic E-state index is -4.47. The van der Waals surface area contributed by atoms with Crippen LogP contribution in [0, 0.1) is 0 Å². The van der Waals surface area contributed by atoms with E-state index in [1.165, 1.54) is 6.92 Å². The Morgan fingerprint density at radius 3 is 2.43 bits per heavy atom. The molecule has 7 heteroatoms. The van der Waals surface area contributed by atoms with Crippen LogP contribution in [0.3, 0.4) is 0 Å². The summed E-state index contributed by atoms with van der Waals surface area (Å²) in [5.41, 5.74) is 0.400. The van der Waals surface area contributed by atoms with Crippen LogP contribution in [0.5, 0.6) is 0 Å². The predicted molar refractivity (Wildman–Crippen MR) is 67.4 cm³/mol. The van der Waals surface area contributed by atoms with E-state index in [2.05, 4.69) is 4.89 Å². The Kier molecular flexibility index (Phi) is 4.05. The molecule has 0 amide bonds. The van der Waals surface area contributed by atoms with Crippen LogP contribution in [0.2, 0.25) is 0 Å². The summed E-state index contributed by atoms with van der Waals surface area (Å²) < 4.78 is 47.3. The molecule has 21 heavy (non-hydrogen) atoms. The quantitative estimate of drug-likeness (QED) is 0.682. The van der Waals surface area contributed by atoms with Gasteiger partial charge >= 0.3 is 6.18 Å². The highest BCUT2D eigenvalue weighted by Crippen LogP contribution is 2.48. The molecule has 4 nitrogen and oxygen atoms in total. The van der Waals surface area contributed by atoms with E-state index < -0.39 is 30.3 Å². The Labute approximate surface area is 120 Å². The third-order valence-corrected chi connectivity index (χ3v) is 3.93. The molecule has 2 unspecified atom stereocenters. The third kappa shape index (κ3) is 2.91. The number of hydrogen-bond acceptors (Lipinski definition) is 4. The topological polar surface area (TPSA) is 47.9 Å². The highest BCUT2D eigenvalue weighted by Gasteiger charge is 2.53. The van der Waals surface area contributed by atoms with Crippen molar-refractivity contribution in [3.63, 3.8) is 0 Å². The Hall–Kier alpha value is -1.15. The summed E-state index contributed by atoms with van der Waals surface area (Å²) in [5, 5.41) is 9.15. The summed E-state index contributed by atoms with van der Waals surface area (Å²) in [6, 6.07) is 6.82. The number of alkyl halides is 3. The SMILES string of the molecule is CC1(OO)OC(OCC(F)(F)F)c2ccccc2C1(C)C. The van der Waals surface area contributed by atoms with Crippen molar-refractivity contribution in [2.24, 2.45) is 0 Å². The highest BCUT2D eigenvalue weighted by molar-refractivity contribution is 5.38. The lowest BCUT2D eigenvalue weighted by molar-refractivity contribution is -0.450. The van der Waals surface area contributed by atoms with Gasteiger partial charge in [0, 0.05) is 11.0 Å². The molecule has 118 valence electrons. The summed E-state index contributed by atoms with van der Waals surface area (Å²) in [7, 11) is 0. The highest BCUT2D eigenvalue weighted by atomic mass is 19.4. The largest absolute Gasteiger partial charge is 0.411 e. The van der Waals surface area contributed by atoms with Crippen molar-refractivity contribution < 1.29 is 32.8 Å². The summed E-state index contributed by atoms with van der Waals surface area (Å²) in [6.07, 6.45) is -5.74. The normalized spacial score (nSPS) is 28.2. The maximum absolute atomic E-state index is 12.4. The lowest BCUT2D eigenvalue weighted by Gasteiger charge is -2.48. The first-order valence-electron chi connectivity index (χ1n) is 6.39. The van der Waals surface area contributed by atoms with Gasteiger partial charge in [-0.1, -0.05) is 38.1 Å². The molecule has 0 aliphatic carbocycles. The maximum atomic E-state index is 12.4. The average Bonchev–Trinajstić information content (AvgIpc) is 2.41. The minimum absolute atomic E-state index is 0.487. The fourth-order valence-corrected chi connectivity index (χ4v) is 2.36. The third-order valence-electron chi connectivity index (χ3n) is 3.93. The second-order valence-electron chi connectivity index (χ2n) is 5.63. The first-order valence-corrected chi connectivity index (χ1v) is 6.39. The van der Waals surface area contributed by atoms with E-state index in [0.717, 1.165) is 0 Å². The molecule has 0 saturated heterocycles. The second-order valence-corrected chi connectivity index (χ2v) is 5.63. The summed E-state index contributed by atoms with van der Waals surface area (Å²) in [5.74, 6) is -1.53. The average molecular weight is 306 g/mol. The van der Waals surface area contributed by atoms with E-state index >= 15 is 0 Å². The van der Waals surface area contributed by atoms with Gasteiger partial charge in [0.2, 0.25) is 5.79 Å². The Balaban J connectivity index is 2.40. The van der Waals surface area contributed by atoms with Gasteiger partial charge in [-0.2, -0.15) is 13.2 Å². The summed E-state index contributed by atoms with van der Waals surface area (Å²) >= 11 is 0. The predicted octanol–water partition coefficient (Wildman–Crippen LogP) is 3.78.